The molecule has 2 rings (SSSR count). The van der Waals surface area contributed by atoms with Gasteiger partial charge >= 0.3 is 0 Å². The topological polar surface area (TPSA) is 81.4 Å². The minimum atomic E-state index is -4.09. The molecule has 21 heavy (non-hydrogen) atoms. The lowest BCUT2D eigenvalue weighted by atomic mass is 10.3. The van der Waals surface area contributed by atoms with Crippen LogP contribution in [0.3, 0.4) is 0 Å². The number of sulfonamides is 1. The minimum absolute atomic E-state index is 0.164. The Labute approximate surface area is 120 Å². The lowest BCUT2D eigenvalue weighted by Crippen LogP contribution is -2.14. The van der Waals surface area contributed by atoms with Crippen molar-refractivity contribution < 1.29 is 21.9 Å². The monoisotopic (exact) mass is 314 g/mol. The van der Waals surface area contributed by atoms with E-state index in [4.69, 9.17) is 10.5 Å². The van der Waals surface area contributed by atoms with Crippen LogP contribution in [-0.2, 0) is 10.0 Å². The first-order valence-electron chi connectivity index (χ1n) is 5.75. The van der Waals surface area contributed by atoms with Gasteiger partial charge in [-0.3, -0.25) is 4.72 Å². The predicted octanol–water partition coefficient (Wildman–Crippen LogP) is 2.36. The maximum absolute atomic E-state index is 13.5. The molecule has 0 radical (unpaired) electrons. The maximum Gasteiger partial charge on any atom is 0.262 e. The Morgan fingerprint density at radius 1 is 1.19 bits per heavy atom. The van der Waals surface area contributed by atoms with Crippen molar-refractivity contribution in [1.29, 1.82) is 0 Å². The molecule has 2 aromatic carbocycles. The summed E-state index contributed by atoms with van der Waals surface area (Å²) in [7, 11) is -2.76. The van der Waals surface area contributed by atoms with Gasteiger partial charge in [-0.2, -0.15) is 0 Å². The second-order valence-corrected chi connectivity index (χ2v) is 5.79. The van der Waals surface area contributed by atoms with Crippen LogP contribution in [0.15, 0.2) is 41.3 Å². The summed E-state index contributed by atoms with van der Waals surface area (Å²) in [6, 6.07) is 6.96. The van der Waals surface area contributed by atoms with Crippen LogP contribution in [0.2, 0.25) is 0 Å². The molecule has 0 saturated heterocycles. The first kappa shape index (κ1) is 15.0. The van der Waals surface area contributed by atoms with Crippen molar-refractivity contribution in [1.82, 2.24) is 0 Å². The molecule has 0 unspecified atom stereocenters. The van der Waals surface area contributed by atoms with Gasteiger partial charge in [0, 0.05) is 6.07 Å². The second-order valence-electron chi connectivity index (χ2n) is 4.11. The Hall–Kier alpha value is -2.35. The molecule has 112 valence electrons. The molecule has 0 atom stereocenters. The molecule has 0 aliphatic rings. The fourth-order valence-electron chi connectivity index (χ4n) is 1.64. The summed E-state index contributed by atoms with van der Waals surface area (Å²) >= 11 is 0. The molecule has 0 aliphatic heterocycles. The minimum Gasteiger partial charge on any atom is -0.495 e. The van der Waals surface area contributed by atoms with E-state index < -0.39 is 27.3 Å². The van der Waals surface area contributed by atoms with E-state index in [2.05, 4.69) is 0 Å². The number of nitrogens with one attached hydrogen (secondary N) is 1. The summed E-state index contributed by atoms with van der Waals surface area (Å²) < 4.78 is 57.8. The van der Waals surface area contributed by atoms with E-state index in [9.17, 15) is 17.2 Å². The Morgan fingerprint density at radius 2 is 1.90 bits per heavy atom. The van der Waals surface area contributed by atoms with E-state index in [-0.39, 0.29) is 16.3 Å². The number of nitrogens with two attached hydrogens (primary N) is 1. The van der Waals surface area contributed by atoms with Gasteiger partial charge in [0.25, 0.3) is 10.0 Å². The van der Waals surface area contributed by atoms with Gasteiger partial charge in [0.15, 0.2) is 11.6 Å². The third-order valence-corrected chi connectivity index (χ3v) is 4.07. The molecule has 0 saturated carbocycles. The molecule has 0 bridgehead atoms. The highest BCUT2D eigenvalue weighted by atomic mass is 32.2. The van der Waals surface area contributed by atoms with Gasteiger partial charge in [0.05, 0.1) is 23.4 Å². The van der Waals surface area contributed by atoms with Gasteiger partial charge in [-0.1, -0.05) is 6.07 Å². The molecule has 0 fully saturated rings. The summed E-state index contributed by atoms with van der Waals surface area (Å²) in [5, 5.41) is 0. The van der Waals surface area contributed by atoms with Crippen molar-refractivity contribution >= 4 is 21.4 Å². The number of benzene rings is 2. The number of rotatable bonds is 4. The summed E-state index contributed by atoms with van der Waals surface area (Å²) in [4.78, 5) is -0.183. The number of ether oxygens (including phenoxy) is 1. The van der Waals surface area contributed by atoms with E-state index in [0.29, 0.717) is 0 Å². The van der Waals surface area contributed by atoms with E-state index in [1.807, 2.05) is 4.72 Å². The number of hydrogen-bond acceptors (Lipinski definition) is 4. The summed E-state index contributed by atoms with van der Waals surface area (Å²) in [5.74, 6) is -2.26. The Bertz CT molecular complexity index is 779. The largest absolute Gasteiger partial charge is 0.495 e. The van der Waals surface area contributed by atoms with Crippen LogP contribution in [0.25, 0.3) is 0 Å². The van der Waals surface area contributed by atoms with Crippen LogP contribution in [-0.4, -0.2) is 15.5 Å². The highest BCUT2D eigenvalue weighted by Gasteiger charge is 2.19. The van der Waals surface area contributed by atoms with E-state index in [1.54, 1.807) is 0 Å². The molecule has 0 heterocycles. The highest BCUT2D eigenvalue weighted by Crippen LogP contribution is 2.27. The average Bonchev–Trinajstić information content (AvgIpc) is 2.44. The Balaban J connectivity index is 2.41. The van der Waals surface area contributed by atoms with Crippen LogP contribution in [0.4, 0.5) is 20.2 Å². The lowest BCUT2D eigenvalue weighted by molar-refractivity contribution is 0.415. The van der Waals surface area contributed by atoms with Gasteiger partial charge in [-0.05, 0) is 24.3 Å². The predicted molar refractivity (Wildman–Crippen MR) is 74.6 cm³/mol. The molecular formula is C13H12F2N2O3S. The SMILES string of the molecule is COc1cc(S(=O)(=O)Nc2cccc(F)c2F)ccc1N. The lowest BCUT2D eigenvalue weighted by Gasteiger charge is -2.11. The standard InChI is InChI=1S/C13H12F2N2O3S/c1-20-12-7-8(5-6-10(12)16)21(18,19)17-11-4-2-3-9(14)13(11)15/h2-7,17H,16H2,1H3. The number of nitrogen functional groups attached to an aromatic ring is 1. The summed E-state index contributed by atoms with van der Waals surface area (Å²) in [5.41, 5.74) is 5.37. The quantitative estimate of drug-likeness (QED) is 0.849. The third-order valence-electron chi connectivity index (χ3n) is 2.71. The Kier molecular flexibility index (Phi) is 3.99. The molecule has 5 nitrogen and oxygen atoms in total. The molecular weight excluding hydrogens is 302 g/mol. The third kappa shape index (κ3) is 3.05. The molecule has 3 N–H and O–H groups in total. The zero-order valence-electron chi connectivity index (χ0n) is 10.9. The first-order chi connectivity index (χ1) is 9.85. The Morgan fingerprint density at radius 3 is 2.57 bits per heavy atom. The smallest absolute Gasteiger partial charge is 0.262 e. The molecule has 0 amide bonds. The van der Waals surface area contributed by atoms with Crippen LogP contribution < -0.4 is 15.2 Å². The van der Waals surface area contributed by atoms with E-state index in [0.717, 1.165) is 12.1 Å². The van der Waals surface area contributed by atoms with Crippen molar-refractivity contribution in [2.24, 2.45) is 0 Å². The van der Waals surface area contributed by atoms with Crippen molar-refractivity contribution in [2.75, 3.05) is 17.6 Å². The van der Waals surface area contributed by atoms with Gasteiger partial charge in [0.1, 0.15) is 5.75 Å². The van der Waals surface area contributed by atoms with Crippen LogP contribution >= 0.6 is 0 Å². The van der Waals surface area contributed by atoms with E-state index >= 15 is 0 Å². The van der Waals surface area contributed by atoms with Gasteiger partial charge in [-0.15, -0.1) is 0 Å². The summed E-state index contributed by atoms with van der Waals surface area (Å²) in [6.45, 7) is 0. The van der Waals surface area contributed by atoms with E-state index in [1.165, 1.54) is 31.4 Å². The molecule has 0 spiro atoms. The number of anilines is 2. The summed E-state index contributed by atoms with van der Waals surface area (Å²) in [6.07, 6.45) is 0. The average molecular weight is 314 g/mol. The molecule has 0 aliphatic carbocycles. The van der Waals surface area contributed by atoms with Gasteiger partial charge in [-0.25, -0.2) is 17.2 Å². The van der Waals surface area contributed by atoms with Crippen molar-refractivity contribution in [3.05, 3.63) is 48.0 Å². The van der Waals surface area contributed by atoms with Crippen LogP contribution in [0, 0.1) is 11.6 Å². The fraction of sp³-hybridized carbons (Fsp3) is 0.0769. The van der Waals surface area contributed by atoms with Gasteiger partial charge in [0.2, 0.25) is 0 Å². The van der Waals surface area contributed by atoms with Gasteiger partial charge < -0.3 is 10.5 Å². The van der Waals surface area contributed by atoms with Crippen molar-refractivity contribution in [2.45, 2.75) is 4.90 Å². The molecule has 8 heteroatoms. The highest BCUT2D eigenvalue weighted by molar-refractivity contribution is 7.92. The number of methoxy groups -OCH3 is 1. The van der Waals surface area contributed by atoms with Crippen molar-refractivity contribution in [3.63, 3.8) is 0 Å². The molecule has 2 aromatic rings. The van der Waals surface area contributed by atoms with Crippen LogP contribution in [0.5, 0.6) is 5.75 Å². The zero-order valence-corrected chi connectivity index (χ0v) is 11.7. The zero-order chi connectivity index (χ0) is 15.6. The molecule has 0 aromatic heterocycles. The first-order valence-corrected chi connectivity index (χ1v) is 7.24. The van der Waals surface area contributed by atoms with Crippen molar-refractivity contribution in [3.8, 4) is 5.75 Å². The fourth-order valence-corrected chi connectivity index (χ4v) is 2.72. The normalized spacial score (nSPS) is 11.2. The maximum atomic E-state index is 13.5. The number of hydrogen-bond donors (Lipinski definition) is 2. The van der Waals surface area contributed by atoms with Crippen LogP contribution in [0.1, 0.15) is 0 Å². The number of halogens is 2. The second kappa shape index (κ2) is 5.57.